The zero-order valence-electron chi connectivity index (χ0n) is 16.0. The molecule has 1 aliphatic heterocycles. The minimum atomic E-state index is -4.82. The van der Waals surface area contributed by atoms with Crippen LogP contribution in [0.2, 0.25) is 0 Å². The summed E-state index contributed by atoms with van der Waals surface area (Å²) in [6.07, 6.45) is -4.77. The van der Waals surface area contributed by atoms with Crippen molar-refractivity contribution in [1.29, 1.82) is 5.26 Å². The van der Waals surface area contributed by atoms with Crippen LogP contribution in [0.25, 0.3) is 0 Å². The van der Waals surface area contributed by atoms with Gasteiger partial charge in [0.15, 0.2) is 5.60 Å². The lowest BCUT2D eigenvalue weighted by Gasteiger charge is -2.41. The Morgan fingerprint density at radius 2 is 1.90 bits per heavy atom. The molecular weight excluding hydrogens is 439 g/mol. The third kappa shape index (κ3) is 4.18. The molecule has 30 heavy (non-hydrogen) atoms. The van der Waals surface area contributed by atoms with Gasteiger partial charge in [0.1, 0.15) is 4.21 Å². The SMILES string of the molecule is C[C@](O)(c1ccc(N2CCN(S(=O)(=O)c3cccs3)C[C@@H]2CC#N)cc1)C(F)(F)F. The van der Waals surface area contributed by atoms with Crippen molar-refractivity contribution in [2.75, 3.05) is 24.5 Å². The monoisotopic (exact) mass is 459 g/mol. The first-order valence-electron chi connectivity index (χ1n) is 9.05. The summed E-state index contributed by atoms with van der Waals surface area (Å²) < 4.78 is 66.3. The van der Waals surface area contributed by atoms with Gasteiger partial charge in [0.25, 0.3) is 10.0 Å². The van der Waals surface area contributed by atoms with Crippen LogP contribution in [-0.4, -0.2) is 49.7 Å². The van der Waals surface area contributed by atoms with E-state index in [9.17, 15) is 32.0 Å². The Hall–Kier alpha value is -2.13. The Morgan fingerprint density at radius 3 is 2.43 bits per heavy atom. The standard InChI is InChI=1S/C19H20F3N3O3S2/c1-18(26,19(20,21)22)14-4-6-15(7-5-14)25-11-10-24(13-16(25)8-9-23)30(27,28)17-3-2-12-29-17/h2-7,12,16,26H,8,10-11,13H2,1H3/t16-,18-/m0/s1. The van der Waals surface area contributed by atoms with Crippen molar-refractivity contribution in [1.82, 2.24) is 4.31 Å². The fourth-order valence-corrected chi connectivity index (χ4v) is 5.96. The average molecular weight is 460 g/mol. The summed E-state index contributed by atoms with van der Waals surface area (Å²) in [4.78, 5) is 1.82. The molecule has 1 saturated heterocycles. The number of hydrogen-bond donors (Lipinski definition) is 1. The smallest absolute Gasteiger partial charge is 0.376 e. The molecule has 2 heterocycles. The van der Waals surface area contributed by atoms with Crippen LogP contribution >= 0.6 is 11.3 Å². The molecule has 0 saturated carbocycles. The first-order valence-corrected chi connectivity index (χ1v) is 11.4. The van der Waals surface area contributed by atoms with E-state index in [0.29, 0.717) is 12.6 Å². The molecule has 0 bridgehead atoms. The molecule has 1 aliphatic rings. The minimum Gasteiger partial charge on any atom is -0.376 e. The first kappa shape index (κ1) is 22.6. The molecule has 0 aliphatic carbocycles. The zero-order valence-corrected chi connectivity index (χ0v) is 17.6. The van der Waals surface area contributed by atoms with E-state index in [4.69, 9.17) is 0 Å². The fraction of sp³-hybridized carbons (Fsp3) is 0.421. The van der Waals surface area contributed by atoms with Gasteiger partial charge in [0, 0.05) is 25.3 Å². The summed E-state index contributed by atoms with van der Waals surface area (Å²) >= 11 is 1.12. The van der Waals surface area contributed by atoms with Crippen LogP contribution in [-0.2, 0) is 15.6 Å². The molecule has 1 aromatic heterocycles. The maximum atomic E-state index is 13.1. The Morgan fingerprint density at radius 1 is 1.23 bits per heavy atom. The second kappa shape index (κ2) is 8.19. The number of thiophene rings is 1. The molecule has 0 radical (unpaired) electrons. The maximum absolute atomic E-state index is 13.1. The van der Waals surface area contributed by atoms with Crippen LogP contribution in [0.4, 0.5) is 18.9 Å². The highest BCUT2D eigenvalue weighted by Crippen LogP contribution is 2.39. The number of nitriles is 1. The summed E-state index contributed by atoms with van der Waals surface area (Å²) in [5.74, 6) is 0. The Labute approximate surface area is 176 Å². The lowest BCUT2D eigenvalue weighted by molar-refractivity contribution is -0.258. The molecule has 162 valence electrons. The molecule has 1 aromatic carbocycles. The lowest BCUT2D eigenvalue weighted by Crippen LogP contribution is -2.54. The van der Waals surface area contributed by atoms with E-state index in [1.165, 1.54) is 34.6 Å². The van der Waals surface area contributed by atoms with E-state index in [1.54, 1.807) is 11.4 Å². The Bertz CT molecular complexity index is 1010. The number of sulfonamides is 1. The molecule has 6 nitrogen and oxygen atoms in total. The molecule has 0 amide bonds. The van der Waals surface area contributed by atoms with Gasteiger partial charge in [-0.15, -0.1) is 11.3 Å². The van der Waals surface area contributed by atoms with Crippen LogP contribution in [0.3, 0.4) is 0 Å². The number of aliphatic hydroxyl groups is 1. The topological polar surface area (TPSA) is 84.6 Å². The van der Waals surface area contributed by atoms with Crippen molar-refractivity contribution in [3.8, 4) is 6.07 Å². The molecule has 1 fully saturated rings. The summed E-state index contributed by atoms with van der Waals surface area (Å²) in [5, 5.41) is 20.7. The largest absolute Gasteiger partial charge is 0.421 e. The predicted molar refractivity (Wildman–Crippen MR) is 107 cm³/mol. The maximum Gasteiger partial charge on any atom is 0.421 e. The van der Waals surface area contributed by atoms with Crippen molar-refractivity contribution >= 4 is 27.0 Å². The van der Waals surface area contributed by atoms with Crippen LogP contribution in [0.1, 0.15) is 18.9 Å². The van der Waals surface area contributed by atoms with Gasteiger partial charge in [-0.1, -0.05) is 18.2 Å². The molecule has 2 aromatic rings. The number of benzene rings is 1. The van der Waals surface area contributed by atoms with Crippen molar-refractivity contribution < 1.29 is 26.7 Å². The van der Waals surface area contributed by atoms with Crippen molar-refractivity contribution in [3.63, 3.8) is 0 Å². The number of anilines is 1. The highest BCUT2D eigenvalue weighted by molar-refractivity contribution is 7.91. The summed E-state index contributed by atoms with van der Waals surface area (Å²) in [5.41, 5.74) is -2.72. The molecule has 3 rings (SSSR count). The molecule has 0 spiro atoms. The van der Waals surface area contributed by atoms with E-state index < -0.39 is 27.8 Å². The fourth-order valence-electron chi connectivity index (χ4n) is 3.34. The van der Waals surface area contributed by atoms with Crippen LogP contribution in [0.5, 0.6) is 0 Å². The summed E-state index contributed by atoms with van der Waals surface area (Å²) in [7, 11) is -3.66. The van der Waals surface area contributed by atoms with Crippen LogP contribution in [0, 0.1) is 11.3 Å². The van der Waals surface area contributed by atoms with Gasteiger partial charge in [0.05, 0.1) is 18.5 Å². The predicted octanol–water partition coefficient (Wildman–Crippen LogP) is 3.31. The van der Waals surface area contributed by atoms with E-state index in [0.717, 1.165) is 11.3 Å². The van der Waals surface area contributed by atoms with Gasteiger partial charge in [-0.2, -0.15) is 22.7 Å². The second-order valence-corrected chi connectivity index (χ2v) is 10.2. The van der Waals surface area contributed by atoms with Gasteiger partial charge in [0.2, 0.25) is 0 Å². The molecule has 0 unspecified atom stereocenters. The molecule has 1 N–H and O–H groups in total. The Kier molecular flexibility index (Phi) is 6.15. The minimum absolute atomic E-state index is 0.0540. The number of rotatable bonds is 5. The lowest BCUT2D eigenvalue weighted by atomic mass is 9.95. The average Bonchev–Trinajstić information content (AvgIpc) is 3.23. The quantitative estimate of drug-likeness (QED) is 0.742. The zero-order chi connectivity index (χ0) is 22.2. The van der Waals surface area contributed by atoms with E-state index in [1.807, 2.05) is 4.90 Å². The van der Waals surface area contributed by atoms with Gasteiger partial charge in [-0.3, -0.25) is 0 Å². The number of halogens is 3. The van der Waals surface area contributed by atoms with Crippen molar-refractivity contribution in [2.24, 2.45) is 0 Å². The van der Waals surface area contributed by atoms with Gasteiger partial charge in [-0.25, -0.2) is 8.42 Å². The normalized spacial score (nSPS) is 20.5. The van der Waals surface area contributed by atoms with E-state index in [2.05, 4.69) is 6.07 Å². The summed E-state index contributed by atoms with van der Waals surface area (Å²) in [6, 6.07) is 10.1. The van der Waals surface area contributed by atoms with Crippen LogP contribution in [0.15, 0.2) is 46.0 Å². The van der Waals surface area contributed by atoms with Gasteiger partial charge < -0.3 is 10.0 Å². The molecule has 2 atom stereocenters. The highest BCUT2D eigenvalue weighted by atomic mass is 32.2. The van der Waals surface area contributed by atoms with Crippen LogP contribution < -0.4 is 4.90 Å². The molecular formula is C19H20F3N3O3S2. The number of piperazine rings is 1. The highest BCUT2D eigenvalue weighted by Gasteiger charge is 2.51. The van der Waals surface area contributed by atoms with Gasteiger partial charge >= 0.3 is 6.18 Å². The van der Waals surface area contributed by atoms with Gasteiger partial charge in [-0.05, 0) is 36.1 Å². The number of hydrogen-bond acceptors (Lipinski definition) is 6. The van der Waals surface area contributed by atoms with E-state index >= 15 is 0 Å². The van der Waals surface area contributed by atoms with Crippen molar-refractivity contribution in [2.45, 2.75) is 35.4 Å². The van der Waals surface area contributed by atoms with E-state index in [-0.39, 0.29) is 35.8 Å². The summed E-state index contributed by atoms with van der Waals surface area (Å²) in [6.45, 7) is 1.25. The molecule has 11 heteroatoms. The Balaban J connectivity index is 1.83. The third-order valence-corrected chi connectivity index (χ3v) is 8.41. The van der Waals surface area contributed by atoms with Crippen molar-refractivity contribution in [3.05, 3.63) is 47.3 Å². The third-order valence-electron chi connectivity index (χ3n) is 5.17. The number of nitrogens with zero attached hydrogens (tertiary/aromatic N) is 3. The first-order chi connectivity index (χ1) is 14.0. The number of alkyl halides is 3. The second-order valence-electron chi connectivity index (χ2n) is 7.12.